The third-order valence-electron chi connectivity index (χ3n) is 3.23. The second-order valence-corrected chi connectivity index (χ2v) is 5.66. The quantitative estimate of drug-likeness (QED) is 0.903. The minimum Gasteiger partial charge on any atom is -0.348 e. The summed E-state index contributed by atoms with van der Waals surface area (Å²) in [5, 5.41) is 2.96. The van der Waals surface area contributed by atoms with Gasteiger partial charge in [0.2, 0.25) is 5.91 Å². The summed E-state index contributed by atoms with van der Waals surface area (Å²) in [6.07, 6.45) is 2.40. The number of rotatable bonds is 5. The molecule has 4 nitrogen and oxygen atoms in total. The van der Waals surface area contributed by atoms with Gasteiger partial charge in [-0.05, 0) is 30.2 Å². The molecule has 0 radical (unpaired) electrons. The zero-order chi connectivity index (χ0) is 15.2. The fourth-order valence-corrected chi connectivity index (χ4v) is 2.37. The van der Waals surface area contributed by atoms with Crippen molar-refractivity contribution >= 4 is 21.8 Å². The topological polar surface area (TPSA) is 51.1 Å². The number of benzene rings is 1. The summed E-state index contributed by atoms with van der Waals surface area (Å²) in [6.45, 7) is 2.05. The van der Waals surface area contributed by atoms with Gasteiger partial charge in [-0.1, -0.05) is 41.1 Å². The predicted octanol–water partition coefficient (Wildman–Crippen LogP) is 2.88. The number of amides is 1. The molecule has 1 atom stereocenters. The standard InChI is InChI=1S/C16H17BrN2O2/c1-2-14(12-6-8-13(17)9-7-12)18-15(20)11-19-10-4-3-5-16(19)21/h3-10,14H,2,11H2,1H3,(H,18,20). The van der Waals surface area contributed by atoms with Crippen molar-refractivity contribution in [3.8, 4) is 0 Å². The number of nitrogens with one attached hydrogen (secondary N) is 1. The summed E-state index contributed by atoms with van der Waals surface area (Å²) in [5.41, 5.74) is 0.874. The lowest BCUT2D eigenvalue weighted by molar-refractivity contribution is -0.122. The highest BCUT2D eigenvalue weighted by Crippen LogP contribution is 2.19. The van der Waals surface area contributed by atoms with Gasteiger partial charge in [-0.3, -0.25) is 9.59 Å². The van der Waals surface area contributed by atoms with Crippen molar-refractivity contribution in [2.45, 2.75) is 25.9 Å². The van der Waals surface area contributed by atoms with Gasteiger partial charge in [-0.25, -0.2) is 0 Å². The largest absolute Gasteiger partial charge is 0.348 e. The average Bonchev–Trinajstić information content (AvgIpc) is 2.48. The van der Waals surface area contributed by atoms with Crippen molar-refractivity contribution in [1.82, 2.24) is 9.88 Å². The Morgan fingerprint density at radius 2 is 1.95 bits per heavy atom. The van der Waals surface area contributed by atoms with Crippen molar-refractivity contribution in [2.75, 3.05) is 0 Å². The maximum Gasteiger partial charge on any atom is 0.250 e. The number of hydrogen-bond donors (Lipinski definition) is 1. The van der Waals surface area contributed by atoms with Crippen molar-refractivity contribution in [3.63, 3.8) is 0 Å². The molecule has 110 valence electrons. The molecule has 21 heavy (non-hydrogen) atoms. The van der Waals surface area contributed by atoms with Crippen LogP contribution in [0.3, 0.4) is 0 Å². The number of halogens is 1. The summed E-state index contributed by atoms with van der Waals surface area (Å²) in [4.78, 5) is 23.7. The fraction of sp³-hybridized carbons (Fsp3) is 0.250. The van der Waals surface area contributed by atoms with E-state index in [1.807, 2.05) is 31.2 Å². The number of carbonyl (C=O) groups is 1. The summed E-state index contributed by atoms with van der Waals surface area (Å²) >= 11 is 3.39. The molecule has 0 saturated heterocycles. The molecule has 5 heteroatoms. The highest BCUT2D eigenvalue weighted by molar-refractivity contribution is 9.10. The fourth-order valence-electron chi connectivity index (χ4n) is 2.10. The minimum absolute atomic E-state index is 0.0344. The molecule has 0 fully saturated rings. The molecule has 1 amide bonds. The highest BCUT2D eigenvalue weighted by atomic mass is 79.9. The Bertz CT molecular complexity index is 664. The predicted molar refractivity (Wildman–Crippen MR) is 86.0 cm³/mol. The number of aromatic nitrogens is 1. The van der Waals surface area contributed by atoms with Crippen LogP contribution in [0, 0.1) is 0 Å². The molecule has 0 aliphatic rings. The van der Waals surface area contributed by atoms with Crippen LogP contribution < -0.4 is 10.9 Å². The van der Waals surface area contributed by atoms with Gasteiger partial charge < -0.3 is 9.88 Å². The van der Waals surface area contributed by atoms with Crippen LogP contribution >= 0.6 is 15.9 Å². The SMILES string of the molecule is CCC(NC(=O)Cn1ccccc1=O)c1ccc(Br)cc1. The van der Waals surface area contributed by atoms with Gasteiger partial charge in [-0.2, -0.15) is 0 Å². The third kappa shape index (κ3) is 4.29. The minimum atomic E-state index is -0.177. The number of hydrogen-bond acceptors (Lipinski definition) is 2. The summed E-state index contributed by atoms with van der Waals surface area (Å²) < 4.78 is 2.40. The first-order chi connectivity index (χ1) is 10.1. The Kier molecular flexibility index (Phi) is 5.33. The van der Waals surface area contributed by atoms with E-state index in [4.69, 9.17) is 0 Å². The van der Waals surface area contributed by atoms with Gasteiger partial charge in [0.1, 0.15) is 6.54 Å². The average molecular weight is 349 g/mol. The molecular formula is C16H17BrN2O2. The number of nitrogens with zero attached hydrogens (tertiary/aromatic N) is 1. The molecule has 0 aliphatic heterocycles. The van der Waals surface area contributed by atoms with Gasteiger partial charge in [0, 0.05) is 16.7 Å². The van der Waals surface area contributed by atoms with E-state index in [1.54, 1.807) is 18.3 Å². The Balaban J connectivity index is 2.05. The highest BCUT2D eigenvalue weighted by Gasteiger charge is 2.13. The molecule has 1 aromatic heterocycles. The van der Waals surface area contributed by atoms with E-state index in [-0.39, 0.29) is 24.1 Å². The molecule has 0 bridgehead atoms. The maximum absolute atomic E-state index is 12.1. The first-order valence-corrected chi connectivity index (χ1v) is 7.59. The Labute approximate surface area is 131 Å². The van der Waals surface area contributed by atoms with Gasteiger partial charge in [0.15, 0.2) is 0 Å². The lowest BCUT2D eigenvalue weighted by Gasteiger charge is -2.18. The maximum atomic E-state index is 12.1. The van der Waals surface area contributed by atoms with Gasteiger partial charge in [0.25, 0.3) is 5.56 Å². The molecule has 1 heterocycles. The van der Waals surface area contributed by atoms with E-state index in [1.165, 1.54) is 10.6 Å². The zero-order valence-electron chi connectivity index (χ0n) is 11.8. The molecule has 1 aromatic carbocycles. The van der Waals surface area contributed by atoms with Crippen LogP contribution in [0.2, 0.25) is 0 Å². The molecule has 2 rings (SSSR count). The van der Waals surface area contributed by atoms with Crippen LogP contribution in [0.25, 0.3) is 0 Å². The smallest absolute Gasteiger partial charge is 0.250 e. The van der Waals surface area contributed by atoms with Crippen molar-refractivity contribution < 1.29 is 4.79 Å². The van der Waals surface area contributed by atoms with E-state index in [9.17, 15) is 9.59 Å². The molecule has 1 unspecified atom stereocenters. The van der Waals surface area contributed by atoms with E-state index in [0.717, 1.165) is 16.5 Å². The monoisotopic (exact) mass is 348 g/mol. The van der Waals surface area contributed by atoms with E-state index < -0.39 is 0 Å². The van der Waals surface area contributed by atoms with E-state index >= 15 is 0 Å². The van der Waals surface area contributed by atoms with Crippen LogP contribution in [-0.2, 0) is 11.3 Å². The van der Waals surface area contributed by atoms with Crippen LogP contribution in [-0.4, -0.2) is 10.5 Å². The summed E-state index contributed by atoms with van der Waals surface area (Å²) in [7, 11) is 0. The van der Waals surface area contributed by atoms with Crippen LogP contribution in [0.1, 0.15) is 24.9 Å². The van der Waals surface area contributed by atoms with Crippen molar-refractivity contribution in [1.29, 1.82) is 0 Å². The van der Waals surface area contributed by atoms with Gasteiger partial charge in [-0.15, -0.1) is 0 Å². The molecule has 0 spiro atoms. The molecule has 0 saturated carbocycles. The zero-order valence-corrected chi connectivity index (χ0v) is 13.3. The Morgan fingerprint density at radius 1 is 1.24 bits per heavy atom. The number of pyridine rings is 1. The normalized spacial score (nSPS) is 11.9. The van der Waals surface area contributed by atoms with Crippen molar-refractivity contribution in [3.05, 3.63) is 69.1 Å². The second-order valence-electron chi connectivity index (χ2n) is 4.75. The third-order valence-corrected chi connectivity index (χ3v) is 3.76. The van der Waals surface area contributed by atoms with Crippen LogP contribution in [0.15, 0.2) is 57.9 Å². The van der Waals surface area contributed by atoms with Gasteiger partial charge in [0.05, 0.1) is 6.04 Å². The molecular weight excluding hydrogens is 332 g/mol. The summed E-state index contributed by atoms with van der Waals surface area (Å²) in [5.74, 6) is -0.168. The first-order valence-electron chi connectivity index (χ1n) is 6.80. The van der Waals surface area contributed by atoms with Crippen molar-refractivity contribution in [2.24, 2.45) is 0 Å². The molecule has 2 aromatic rings. The molecule has 1 N–H and O–H groups in total. The summed E-state index contributed by atoms with van der Waals surface area (Å²) in [6, 6.07) is 12.6. The number of carbonyl (C=O) groups excluding carboxylic acids is 1. The van der Waals surface area contributed by atoms with Crippen LogP contribution in [0.5, 0.6) is 0 Å². The lowest BCUT2D eigenvalue weighted by Crippen LogP contribution is -2.34. The van der Waals surface area contributed by atoms with E-state index in [0.29, 0.717) is 0 Å². The van der Waals surface area contributed by atoms with E-state index in [2.05, 4.69) is 21.2 Å². The van der Waals surface area contributed by atoms with Gasteiger partial charge >= 0.3 is 0 Å². The second kappa shape index (κ2) is 7.22. The Morgan fingerprint density at radius 3 is 2.57 bits per heavy atom. The lowest BCUT2D eigenvalue weighted by atomic mass is 10.0. The van der Waals surface area contributed by atoms with Crippen LogP contribution in [0.4, 0.5) is 0 Å². The Hall–Kier alpha value is -1.88. The molecule has 0 aliphatic carbocycles. The first kappa shape index (κ1) is 15.5.